The van der Waals surface area contributed by atoms with Crippen molar-refractivity contribution in [3.05, 3.63) is 46.0 Å². The van der Waals surface area contributed by atoms with Crippen molar-refractivity contribution in [1.29, 1.82) is 0 Å². The van der Waals surface area contributed by atoms with Crippen molar-refractivity contribution in [3.8, 4) is 5.75 Å². The quantitative estimate of drug-likeness (QED) is 0.346. The maximum Gasteiger partial charge on any atom is 0.335 e. The topological polar surface area (TPSA) is 93.5 Å². The standard InChI is InChI=1S/C24H34ClN3O4S/c1-5-6-7-21-27-22(25)19(12-26-23(29)18(14-33)10-15(2)3)28(21)13-17-9-8-16(24(30)31)11-20(17)32-4/h8-9,11,15,18,33H,5-7,10,12-14H2,1-4H3,(H,26,29)(H,30,31). The first-order chi connectivity index (χ1) is 15.7. The highest BCUT2D eigenvalue weighted by Gasteiger charge is 2.22. The number of nitrogens with zero attached hydrogens (tertiary/aromatic N) is 2. The molecule has 0 spiro atoms. The molecule has 0 radical (unpaired) electrons. The number of hydrogen-bond acceptors (Lipinski definition) is 5. The van der Waals surface area contributed by atoms with Gasteiger partial charge >= 0.3 is 5.97 Å². The van der Waals surface area contributed by atoms with E-state index < -0.39 is 5.97 Å². The number of hydrogen-bond donors (Lipinski definition) is 3. The Kier molecular flexibility index (Phi) is 10.6. The number of halogens is 1. The number of rotatable bonds is 13. The summed E-state index contributed by atoms with van der Waals surface area (Å²) in [6.07, 6.45) is 3.46. The molecule has 1 unspecified atom stereocenters. The van der Waals surface area contributed by atoms with Crippen LogP contribution in [0.5, 0.6) is 5.75 Å². The molecule has 0 saturated heterocycles. The van der Waals surface area contributed by atoms with Crippen LogP contribution in [0.25, 0.3) is 0 Å². The zero-order valence-corrected chi connectivity index (χ0v) is 21.4. The smallest absolute Gasteiger partial charge is 0.335 e. The van der Waals surface area contributed by atoms with Crippen LogP contribution in [0.2, 0.25) is 5.15 Å². The third kappa shape index (κ3) is 7.40. The van der Waals surface area contributed by atoms with Crippen LogP contribution in [-0.4, -0.2) is 39.4 Å². The van der Waals surface area contributed by atoms with Gasteiger partial charge in [0.15, 0.2) is 5.15 Å². The second-order valence-corrected chi connectivity index (χ2v) is 9.24. The van der Waals surface area contributed by atoms with Crippen molar-refractivity contribution in [2.24, 2.45) is 11.8 Å². The molecule has 1 amide bonds. The first kappa shape index (κ1) is 27.1. The van der Waals surface area contributed by atoms with Crippen molar-refractivity contribution in [3.63, 3.8) is 0 Å². The summed E-state index contributed by atoms with van der Waals surface area (Å²) in [5.41, 5.74) is 1.67. The number of unbranched alkanes of at least 4 members (excludes halogenated alkanes) is 1. The maximum absolute atomic E-state index is 12.7. The molecule has 1 atom stereocenters. The van der Waals surface area contributed by atoms with E-state index in [0.717, 1.165) is 37.1 Å². The number of aromatic nitrogens is 2. The van der Waals surface area contributed by atoms with Crippen LogP contribution in [0.3, 0.4) is 0 Å². The Hall–Kier alpha value is -2.19. The van der Waals surface area contributed by atoms with E-state index >= 15 is 0 Å². The molecule has 9 heteroatoms. The van der Waals surface area contributed by atoms with Gasteiger partial charge in [-0.05, 0) is 30.9 Å². The van der Waals surface area contributed by atoms with Crippen molar-refractivity contribution in [1.82, 2.24) is 14.9 Å². The van der Waals surface area contributed by atoms with Gasteiger partial charge in [0.05, 0.1) is 31.5 Å². The number of carboxylic acid groups (broad SMARTS) is 1. The summed E-state index contributed by atoms with van der Waals surface area (Å²) < 4.78 is 7.44. The van der Waals surface area contributed by atoms with E-state index in [1.165, 1.54) is 13.2 Å². The van der Waals surface area contributed by atoms with Crippen molar-refractivity contribution in [2.45, 2.75) is 59.5 Å². The lowest BCUT2D eigenvalue weighted by molar-refractivity contribution is -0.124. The summed E-state index contributed by atoms with van der Waals surface area (Å²) in [5, 5.41) is 12.6. The number of methoxy groups -OCH3 is 1. The van der Waals surface area contributed by atoms with Crippen molar-refractivity contribution < 1.29 is 19.4 Å². The van der Waals surface area contributed by atoms with Crippen LogP contribution in [0.4, 0.5) is 0 Å². The zero-order valence-electron chi connectivity index (χ0n) is 19.7. The molecular formula is C24H34ClN3O4S. The average Bonchev–Trinajstić information content (AvgIpc) is 3.08. The number of carbonyl (C=O) groups excluding carboxylic acids is 1. The largest absolute Gasteiger partial charge is 0.496 e. The number of aryl methyl sites for hydroxylation is 1. The predicted molar refractivity (Wildman–Crippen MR) is 134 cm³/mol. The van der Waals surface area contributed by atoms with Crippen molar-refractivity contribution in [2.75, 3.05) is 12.9 Å². The second kappa shape index (κ2) is 12.9. The van der Waals surface area contributed by atoms with Gasteiger partial charge in [0.25, 0.3) is 0 Å². The third-order valence-electron chi connectivity index (χ3n) is 5.50. The van der Waals surface area contributed by atoms with Crippen LogP contribution >= 0.6 is 24.2 Å². The summed E-state index contributed by atoms with van der Waals surface area (Å²) in [6, 6.07) is 4.80. The number of benzene rings is 1. The van der Waals surface area contributed by atoms with E-state index in [-0.39, 0.29) is 23.9 Å². The van der Waals surface area contributed by atoms with Crippen LogP contribution in [0, 0.1) is 11.8 Å². The number of amides is 1. The fraction of sp³-hybridized carbons (Fsp3) is 0.542. The highest BCUT2D eigenvalue weighted by molar-refractivity contribution is 7.80. The van der Waals surface area contributed by atoms with Gasteiger partial charge in [-0.2, -0.15) is 12.6 Å². The van der Waals surface area contributed by atoms with Gasteiger partial charge in [-0.3, -0.25) is 4.79 Å². The molecule has 0 fully saturated rings. The van der Waals surface area contributed by atoms with Gasteiger partial charge < -0.3 is 19.7 Å². The molecule has 0 aliphatic rings. The predicted octanol–water partition coefficient (Wildman–Crippen LogP) is 4.84. The Morgan fingerprint density at radius 2 is 2.06 bits per heavy atom. The minimum Gasteiger partial charge on any atom is -0.496 e. The van der Waals surface area contributed by atoms with Crippen LogP contribution in [0.15, 0.2) is 18.2 Å². The van der Waals surface area contributed by atoms with Crippen molar-refractivity contribution >= 4 is 36.1 Å². The Morgan fingerprint density at radius 1 is 1.33 bits per heavy atom. The summed E-state index contributed by atoms with van der Waals surface area (Å²) >= 11 is 10.9. The number of thiol groups is 1. The molecule has 2 aromatic rings. The summed E-state index contributed by atoms with van der Waals surface area (Å²) in [6.45, 7) is 6.91. The molecule has 1 heterocycles. The lowest BCUT2D eigenvalue weighted by Crippen LogP contribution is -2.33. The third-order valence-corrected chi connectivity index (χ3v) is 6.24. The molecule has 2 N–H and O–H groups in total. The number of imidazole rings is 1. The fourth-order valence-corrected chi connectivity index (χ4v) is 4.29. The first-order valence-electron chi connectivity index (χ1n) is 11.2. The van der Waals surface area contributed by atoms with Gasteiger partial charge in [0, 0.05) is 23.7 Å². The Balaban J connectivity index is 2.35. The Bertz CT molecular complexity index is 961. The van der Waals surface area contributed by atoms with Gasteiger partial charge in [0.1, 0.15) is 11.6 Å². The molecule has 0 saturated carbocycles. The Labute approximate surface area is 206 Å². The Morgan fingerprint density at radius 3 is 2.64 bits per heavy atom. The first-order valence-corrected chi connectivity index (χ1v) is 12.2. The SMILES string of the molecule is CCCCc1nc(Cl)c(CNC(=O)C(CS)CC(C)C)n1Cc1ccc(C(=O)O)cc1OC. The van der Waals surface area contributed by atoms with E-state index in [9.17, 15) is 14.7 Å². The van der Waals surface area contributed by atoms with Crippen LogP contribution in [-0.2, 0) is 24.3 Å². The number of nitrogens with one attached hydrogen (secondary N) is 1. The minimum absolute atomic E-state index is 0.0546. The molecule has 1 aromatic heterocycles. The molecule has 2 rings (SSSR count). The number of carbonyl (C=O) groups is 2. The lowest BCUT2D eigenvalue weighted by atomic mass is 9.98. The summed E-state index contributed by atoms with van der Waals surface area (Å²) in [4.78, 5) is 28.6. The minimum atomic E-state index is -1.02. The number of ether oxygens (including phenoxy) is 1. The van der Waals surface area contributed by atoms with Crippen LogP contribution in [0.1, 0.15) is 67.5 Å². The molecule has 33 heavy (non-hydrogen) atoms. The van der Waals surface area contributed by atoms with E-state index in [0.29, 0.717) is 34.8 Å². The second-order valence-electron chi connectivity index (χ2n) is 8.51. The zero-order chi connectivity index (χ0) is 24.5. The van der Waals surface area contributed by atoms with E-state index in [2.05, 4.69) is 43.7 Å². The maximum atomic E-state index is 12.7. The number of aromatic carboxylic acids is 1. The van der Waals surface area contributed by atoms with E-state index in [4.69, 9.17) is 16.3 Å². The summed E-state index contributed by atoms with van der Waals surface area (Å²) in [7, 11) is 1.51. The molecule has 0 bridgehead atoms. The summed E-state index contributed by atoms with van der Waals surface area (Å²) in [5.74, 6) is 0.923. The van der Waals surface area contributed by atoms with Gasteiger partial charge in [-0.15, -0.1) is 0 Å². The van der Waals surface area contributed by atoms with Gasteiger partial charge in [-0.1, -0.05) is 44.9 Å². The normalized spacial score (nSPS) is 12.1. The molecule has 0 aliphatic carbocycles. The van der Waals surface area contributed by atoms with Gasteiger partial charge in [0.2, 0.25) is 5.91 Å². The molecule has 1 aromatic carbocycles. The molecular weight excluding hydrogens is 462 g/mol. The lowest BCUT2D eigenvalue weighted by Gasteiger charge is -2.18. The fourth-order valence-electron chi connectivity index (χ4n) is 3.71. The highest BCUT2D eigenvalue weighted by Crippen LogP contribution is 2.26. The molecule has 182 valence electrons. The van der Waals surface area contributed by atoms with Crippen LogP contribution < -0.4 is 10.1 Å². The van der Waals surface area contributed by atoms with Gasteiger partial charge in [-0.25, -0.2) is 9.78 Å². The highest BCUT2D eigenvalue weighted by atomic mass is 35.5. The molecule has 0 aliphatic heterocycles. The van der Waals surface area contributed by atoms with E-state index in [1.807, 2.05) is 4.57 Å². The monoisotopic (exact) mass is 495 g/mol. The van der Waals surface area contributed by atoms with E-state index in [1.54, 1.807) is 12.1 Å². The average molecular weight is 496 g/mol. The number of carboxylic acids is 1. The molecule has 7 nitrogen and oxygen atoms in total.